The van der Waals surface area contributed by atoms with Crippen molar-refractivity contribution in [2.75, 3.05) is 6.61 Å². The summed E-state index contributed by atoms with van der Waals surface area (Å²) in [4.78, 5) is 17.5. The van der Waals surface area contributed by atoms with Crippen LogP contribution in [0.2, 0.25) is 0 Å². The molecule has 1 aromatic rings. The van der Waals surface area contributed by atoms with E-state index in [0.29, 0.717) is 0 Å². The summed E-state index contributed by atoms with van der Waals surface area (Å²) in [6.07, 6.45) is 13.8. The molecule has 0 aromatic heterocycles. The van der Waals surface area contributed by atoms with Crippen LogP contribution in [0, 0.1) is 29.9 Å². The maximum atomic E-state index is 13.3. The molecule has 4 heteroatoms. The third-order valence-electron chi connectivity index (χ3n) is 6.54. The van der Waals surface area contributed by atoms with E-state index in [0.717, 1.165) is 56.4 Å². The van der Waals surface area contributed by atoms with E-state index in [2.05, 4.69) is 30.5 Å². The molecular formula is C27H38NO3+. The van der Waals surface area contributed by atoms with E-state index >= 15 is 0 Å². The molecular weight excluding hydrogens is 386 g/mol. The van der Waals surface area contributed by atoms with Crippen molar-refractivity contribution in [2.45, 2.75) is 90.0 Å². The van der Waals surface area contributed by atoms with Crippen molar-refractivity contribution >= 4 is 5.97 Å². The van der Waals surface area contributed by atoms with Gasteiger partial charge < -0.3 is 9.84 Å². The number of aliphatic hydroxyl groups excluding tert-OH is 1. The molecule has 1 aromatic carbocycles. The van der Waals surface area contributed by atoms with Gasteiger partial charge in [-0.25, -0.2) is 4.79 Å². The quantitative estimate of drug-likeness (QED) is 0.197. The number of carbonyl (C=O) groups is 1. The highest BCUT2D eigenvalue weighted by molar-refractivity contribution is 5.85. The zero-order chi connectivity index (χ0) is 22.4. The van der Waals surface area contributed by atoms with Crippen LogP contribution in [-0.4, -0.2) is 17.7 Å². The number of rotatable bonds is 10. The molecule has 0 spiro atoms. The van der Waals surface area contributed by atoms with Crippen molar-refractivity contribution in [1.82, 2.24) is 0 Å². The molecule has 0 heterocycles. The lowest BCUT2D eigenvalue weighted by Gasteiger charge is -2.28. The number of carbonyl (C=O) groups excluding carboxylic acids is 1. The maximum Gasteiger partial charge on any atom is 0.513 e. The van der Waals surface area contributed by atoms with Gasteiger partial charge in [-0.1, -0.05) is 94.5 Å². The van der Waals surface area contributed by atoms with Crippen LogP contribution in [0.15, 0.2) is 30.3 Å². The molecule has 0 aliphatic heterocycles. The van der Waals surface area contributed by atoms with Crippen LogP contribution in [0.1, 0.15) is 90.0 Å². The normalized spacial score (nSPS) is 16.7. The summed E-state index contributed by atoms with van der Waals surface area (Å²) < 4.78 is 5.60. The molecule has 0 radical (unpaired) electrons. The first-order valence-electron chi connectivity index (χ1n) is 12.0. The molecule has 31 heavy (non-hydrogen) atoms. The standard InChI is InChI=1S/C27H37NO3/c1-3-15-23(4-2)16-9-5-6-14-21-31-26(30)27(28-22-29,24-17-10-7-11-18-24)25-19-12-8-13-20-25/h7,10-11,17-18,23,25H,3-5,8-9,12-13,15-16,19-21H2,1-2H3/p+1. The number of ether oxygens (including phenoxy) is 1. The summed E-state index contributed by atoms with van der Waals surface area (Å²) in [5.74, 6) is 6.46. The Labute approximate surface area is 188 Å². The number of esters is 1. The first-order chi connectivity index (χ1) is 15.2. The van der Waals surface area contributed by atoms with Crippen LogP contribution in [0.3, 0.4) is 0 Å². The Kier molecular flexibility index (Phi) is 11.0. The van der Waals surface area contributed by atoms with E-state index in [9.17, 15) is 9.90 Å². The average molecular weight is 425 g/mol. The second-order valence-corrected chi connectivity index (χ2v) is 8.56. The van der Waals surface area contributed by atoms with Crippen molar-refractivity contribution in [3.63, 3.8) is 0 Å². The molecule has 0 amide bonds. The van der Waals surface area contributed by atoms with Crippen LogP contribution < -0.4 is 0 Å². The van der Waals surface area contributed by atoms with Gasteiger partial charge in [0.1, 0.15) is 0 Å². The van der Waals surface area contributed by atoms with Crippen molar-refractivity contribution < 1.29 is 14.6 Å². The summed E-state index contributed by atoms with van der Waals surface area (Å²) in [7, 11) is 0. The van der Waals surface area contributed by atoms with Gasteiger partial charge in [0.15, 0.2) is 6.61 Å². The Hall–Kier alpha value is -2.46. The van der Waals surface area contributed by atoms with Crippen LogP contribution in [0.25, 0.3) is 4.85 Å². The predicted molar refractivity (Wildman–Crippen MR) is 125 cm³/mol. The zero-order valence-corrected chi connectivity index (χ0v) is 19.2. The van der Waals surface area contributed by atoms with E-state index in [4.69, 9.17) is 4.74 Å². The smallest absolute Gasteiger partial charge is 0.446 e. The Morgan fingerprint density at radius 3 is 2.55 bits per heavy atom. The van der Waals surface area contributed by atoms with E-state index < -0.39 is 11.5 Å². The summed E-state index contributed by atoms with van der Waals surface area (Å²) in [6.45, 7) is 4.54. The summed E-state index contributed by atoms with van der Waals surface area (Å²) in [5, 5.41) is 9.46. The second kappa shape index (κ2) is 13.8. The van der Waals surface area contributed by atoms with Crippen molar-refractivity contribution in [3.05, 3.63) is 40.7 Å². The number of nitrogens with zero attached hydrogens (tertiary/aromatic N) is 1. The molecule has 1 N–H and O–H groups in total. The van der Waals surface area contributed by atoms with Gasteiger partial charge in [-0.2, -0.15) is 0 Å². The summed E-state index contributed by atoms with van der Waals surface area (Å²) in [6, 6.07) is 9.43. The first-order valence-corrected chi connectivity index (χ1v) is 12.0. The van der Waals surface area contributed by atoms with Crippen LogP contribution in [-0.2, 0) is 15.1 Å². The SMILES string of the molecule is CCCC(CC)CCCC#CCOC(=O)C([N+]#CO)(c1ccccc1)C1CCCCC1. The molecule has 2 atom stereocenters. The molecule has 1 aliphatic carbocycles. The van der Waals surface area contributed by atoms with Gasteiger partial charge in [-0.3, -0.25) is 0 Å². The third-order valence-corrected chi connectivity index (χ3v) is 6.54. The minimum atomic E-state index is -1.26. The fourth-order valence-corrected chi connectivity index (χ4v) is 4.80. The number of unbranched alkanes of at least 4 members (excludes halogenated alkanes) is 1. The second-order valence-electron chi connectivity index (χ2n) is 8.56. The number of aliphatic hydroxyl groups is 1. The first kappa shape index (κ1) is 24.8. The molecule has 2 rings (SSSR count). The average Bonchev–Trinajstić information content (AvgIpc) is 2.82. The van der Waals surface area contributed by atoms with Crippen molar-refractivity contribution in [1.29, 1.82) is 0 Å². The predicted octanol–water partition coefficient (Wildman–Crippen LogP) is 6.67. The molecule has 168 valence electrons. The molecule has 4 nitrogen and oxygen atoms in total. The molecule has 2 unspecified atom stereocenters. The molecule has 1 fully saturated rings. The van der Waals surface area contributed by atoms with Crippen LogP contribution in [0.4, 0.5) is 0 Å². The van der Waals surface area contributed by atoms with Crippen LogP contribution >= 0.6 is 0 Å². The minimum absolute atomic E-state index is 0.0201. The highest BCUT2D eigenvalue weighted by Gasteiger charge is 2.60. The Morgan fingerprint density at radius 1 is 1.16 bits per heavy atom. The Bertz CT molecular complexity index is 777. The lowest BCUT2D eigenvalue weighted by atomic mass is 9.71. The zero-order valence-electron chi connectivity index (χ0n) is 19.2. The van der Waals surface area contributed by atoms with Crippen molar-refractivity contribution in [3.8, 4) is 18.1 Å². The van der Waals surface area contributed by atoms with E-state index in [1.807, 2.05) is 36.6 Å². The molecule has 0 saturated heterocycles. The fraction of sp³-hybridized carbons (Fsp3) is 0.630. The lowest BCUT2D eigenvalue weighted by Crippen LogP contribution is -2.42. The molecule has 1 saturated carbocycles. The van der Waals surface area contributed by atoms with Gasteiger partial charge >= 0.3 is 17.8 Å². The van der Waals surface area contributed by atoms with Gasteiger partial charge in [-0.15, -0.1) is 0 Å². The van der Waals surface area contributed by atoms with E-state index in [1.165, 1.54) is 25.7 Å². The number of benzene rings is 1. The van der Waals surface area contributed by atoms with Gasteiger partial charge in [0.25, 0.3) is 0 Å². The maximum absolute atomic E-state index is 13.3. The molecule has 0 bridgehead atoms. The van der Waals surface area contributed by atoms with Gasteiger partial charge in [0.2, 0.25) is 0 Å². The minimum Gasteiger partial charge on any atom is -0.446 e. The monoisotopic (exact) mass is 424 g/mol. The lowest BCUT2D eigenvalue weighted by molar-refractivity contribution is -0.150. The highest BCUT2D eigenvalue weighted by Crippen LogP contribution is 2.43. The Morgan fingerprint density at radius 2 is 1.90 bits per heavy atom. The van der Waals surface area contributed by atoms with E-state index in [-0.39, 0.29) is 12.5 Å². The summed E-state index contributed by atoms with van der Waals surface area (Å²) >= 11 is 0. The fourth-order valence-electron chi connectivity index (χ4n) is 4.80. The Balaban J connectivity index is 2.03. The van der Waals surface area contributed by atoms with Gasteiger partial charge in [0, 0.05) is 6.42 Å². The van der Waals surface area contributed by atoms with Gasteiger partial charge in [0.05, 0.1) is 11.5 Å². The third kappa shape index (κ3) is 7.03. The van der Waals surface area contributed by atoms with Crippen molar-refractivity contribution in [2.24, 2.45) is 11.8 Å². The number of hydrogen-bond donors (Lipinski definition) is 1. The largest absolute Gasteiger partial charge is 0.513 e. The molecule has 1 aliphatic rings. The highest BCUT2D eigenvalue weighted by atomic mass is 16.5. The number of hydrogen-bond acceptors (Lipinski definition) is 3. The van der Waals surface area contributed by atoms with Crippen LogP contribution in [0.5, 0.6) is 0 Å². The van der Waals surface area contributed by atoms with Gasteiger partial charge in [-0.05, 0) is 36.4 Å². The summed E-state index contributed by atoms with van der Waals surface area (Å²) in [5.41, 5.74) is -0.518. The topological polar surface area (TPSA) is 50.9 Å². The van der Waals surface area contributed by atoms with E-state index in [1.54, 1.807) is 0 Å².